The first-order valence-corrected chi connectivity index (χ1v) is 6.61. The summed E-state index contributed by atoms with van der Waals surface area (Å²) in [6, 6.07) is 0.931. The van der Waals surface area contributed by atoms with Crippen molar-refractivity contribution in [1.29, 1.82) is 0 Å². The van der Waals surface area contributed by atoms with Gasteiger partial charge in [0.25, 0.3) is 0 Å². The van der Waals surface area contributed by atoms with Crippen LogP contribution in [0.15, 0.2) is 4.99 Å². The third-order valence-electron chi connectivity index (χ3n) is 3.35. The van der Waals surface area contributed by atoms with Crippen molar-refractivity contribution in [2.45, 2.75) is 70.9 Å². The Hall–Kier alpha value is -0.770. The van der Waals surface area contributed by atoms with Crippen LogP contribution in [-0.4, -0.2) is 18.0 Å². The van der Waals surface area contributed by atoms with E-state index in [0.717, 1.165) is 18.8 Å². The fraction of sp³-hybridized carbons (Fsp3) is 0.917. The summed E-state index contributed by atoms with van der Waals surface area (Å²) in [5.41, 5.74) is 2.69. The van der Waals surface area contributed by atoms with Gasteiger partial charge in [-0.3, -0.25) is 5.43 Å². The highest BCUT2D eigenvalue weighted by Gasteiger charge is 2.13. The van der Waals surface area contributed by atoms with Crippen LogP contribution in [0.25, 0.3) is 0 Å². The topological polar surface area (TPSA) is 62.4 Å². The molecule has 1 aliphatic carbocycles. The van der Waals surface area contributed by atoms with Gasteiger partial charge in [-0.15, -0.1) is 0 Å². The van der Waals surface area contributed by atoms with Crippen LogP contribution in [-0.2, 0) is 0 Å². The molecule has 0 bridgehead atoms. The Morgan fingerprint density at radius 3 is 2.38 bits per heavy atom. The van der Waals surface area contributed by atoms with E-state index in [1.54, 1.807) is 0 Å². The number of hydrazine groups is 1. The van der Waals surface area contributed by atoms with E-state index in [-0.39, 0.29) is 0 Å². The molecule has 4 nitrogen and oxygen atoms in total. The second kappa shape index (κ2) is 7.49. The molecule has 0 spiro atoms. The van der Waals surface area contributed by atoms with Crippen molar-refractivity contribution in [2.75, 3.05) is 0 Å². The predicted molar refractivity (Wildman–Crippen MR) is 69.1 cm³/mol. The zero-order chi connectivity index (χ0) is 11.8. The minimum atomic E-state index is 0.460. The molecule has 0 amide bonds. The molecule has 0 radical (unpaired) electrons. The maximum absolute atomic E-state index is 5.50. The van der Waals surface area contributed by atoms with E-state index in [1.807, 2.05) is 0 Å². The second-order valence-electron chi connectivity index (χ2n) is 4.57. The van der Waals surface area contributed by atoms with Crippen LogP contribution < -0.4 is 16.6 Å². The van der Waals surface area contributed by atoms with Gasteiger partial charge in [0, 0.05) is 6.04 Å². The largest absolute Gasteiger partial charge is 0.353 e. The molecule has 4 N–H and O–H groups in total. The van der Waals surface area contributed by atoms with E-state index in [0.29, 0.717) is 12.1 Å². The van der Waals surface area contributed by atoms with Crippen molar-refractivity contribution in [3.8, 4) is 0 Å². The quantitative estimate of drug-likeness (QED) is 0.297. The maximum atomic E-state index is 5.50. The molecule has 0 heterocycles. The lowest BCUT2D eigenvalue weighted by atomic mass is 9.96. The van der Waals surface area contributed by atoms with E-state index in [9.17, 15) is 0 Å². The summed E-state index contributed by atoms with van der Waals surface area (Å²) >= 11 is 0. The molecule has 0 unspecified atom stereocenters. The van der Waals surface area contributed by atoms with Gasteiger partial charge in [-0.1, -0.05) is 33.1 Å². The molecule has 0 aromatic carbocycles. The van der Waals surface area contributed by atoms with Gasteiger partial charge < -0.3 is 5.32 Å². The zero-order valence-electron chi connectivity index (χ0n) is 10.6. The monoisotopic (exact) mass is 226 g/mol. The first kappa shape index (κ1) is 13.3. The number of aliphatic imine (C=N–C) groups is 1. The van der Waals surface area contributed by atoms with Crippen LogP contribution in [0.4, 0.5) is 0 Å². The summed E-state index contributed by atoms with van der Waals surface area (Å²) in [4.78, 5) is 4.66. The van der Waals surface area contributed by atoms with Crippen molar-refractivity contribution in [3.05, 3.63) is 0 Å². The van der Waals surface area contributed by atoms with E-state index in [1.165, 1.54) is 32.1 Å². The van der Waals surface area contributed by atoms with Crippen LogP contribution in [0.3, 0.4) is 0 Å². The van der Waals surface area contributed by atoms with Gasteiger partial charge in [0.2, 0.25) is 5.96 Å². The smallest absolute Gasteiger partial charge is 0.206 e. The van der Waals surface area contributed by atoms with Gasteiger partial charge in [0.15, 0.2) is 0 Å². The van der Waals surface area contributed by atoms with E-state index in [2.05, 4.69) is 29.6 Å². The third-order valence-corrected chi connectivity index (χ3v) is 3.35. The number of hydrogen-bond donors (Lipinski definition) is 3. The van der Waals surface area contributed by atoms with Crippen molar-refractivity contribution < 1.29 is 0 Å². The number of nitrogens with one attached hydrogen (secondary N) is 2. The van der Waals surface area contributed by atoms with Gasteiger partial charge in [0.05, 0.1) is 6.04 Å². The zero-order valence-corrected chi connectivity index (χ0v) is 10.6. The lowest BCUT2D eigenvalue weighted by molar-refractivity contribution is 0.439. The standard InChI is InChI=1S/C12H26N4/c1-3-10(4-2)14-12(16-13)15-11-8-6-5-7-9-11/h10-11H,3-9,13H2,1-2H3,(H2,14,15,16). The molecular weight excluding hydrogens is 200 g/mol. The molecule has 1 fully saturated rings. The molecule has 0 aromatic heterocycles. The summed E-state index contributed by atoms with van der Waals surface area (Å²) in [5, 5.41) is 3.36. The third kappa shape index (κ3) is 4.39. The average Bonchev–Trinajstić information content (AvgIpc) is 2.35. The first-order valence-electron chi connectivity index (χ1n) is 6.61. The van der Waals surface area contributed by atoms with Crippen molar-refractivity contribution in [1.82, 2.24) is 10.7 Å². The van der Waals surface area contributed by atoms with Crippen LogP contribution in [0.2, 0.25) is 0 Å². The van der Waals surface area contributed by atoms with Crippen LogP contribution in [0.1, 0.15) is 58.8 Å². The number of guanidine groups is 1. The van der Waals surface area contributed by atoms with Gasteiger partial charge in [-0.25, -0.2) is 10.8 Å². The molecular formula is C12H26N4. The Balaban J connectivity index is 2.47. The summed E-state index contributed by atoms with van der Waals surface area (Å²) in [6.45, 7) is 4.35. The minimum Gasteiger partial charge on any atom is -0.353 e. The molecule has 4 heteroatoms. The Labute approximate surface area is 99.1 Å². The van der Waals surface area contributed by atoms with E-state index < -0.39 is 0 Å². The Morgan fingerprint density at radius 1 is 1.25 bits per heavy atom. The summed E-state index contributed by atoms with van der Waals surface area (Å²) in [7, 11) is 0. The maximum Gasteiger partial charge on any atom is 0.206 e. The predicted octanol–water partition coefficient (Wildman–Crippen LogP) is 1.92. The molecule has 0 atom stereocenters. The normalized spacial score (nSPS) is 18.9. The Bertz CT molecular complexity index is 205. The fourth-order valence-electron chi connectivity index (χ4n) is 2.20. The number of hydrogen-bond acceptors (Lipinski definition) is 2. The average molecular weight is 226 g/mol. The molecule has 0 saturated heterocycles. The number of nitrogens with zero attached hydrogens (tertiary/aromatic N) is 1. The van der Waals surface area contributed by atoms with Crippen molar-refractivity contribution in [2.24, 2.45) is 10.8 Å². The Kier molecular flexibility index (Phi) is 6.23. The molecule has 1 aliphatic rings. The number of nitrogens with two attached hydrogens (primary N) is 1. The van der Waals surface area contributed by atoms with Gasteiger partial charge in [-0.2, -0.15) is 0 Å². The van der Waals surface area contributed by atoms with Crippen LogP contribution in [0.5, 0.6) is 0 Å². The van der Waals surface area contributed by atoms with Crippen LogP contribution in [0, 0.1) is 0 Å². The Morgan fingerprint density at radius 2 is 1.88 bits per heavy atom. The molecule has 16 heavy (non-hydrogen) atoms. The molecule has 1 rings (SSSR count). The van der Waals surface area contributed by atoms with Gasteiger partial charge in [-0.05, 0) is 25.7 Å². The summed E-state index contributed by atoms with van der Waals surface area (Å²) < 4.78 is 0. The van der Waals surface area contributed by atoms with E-state index >= 15 is 0 Å². The highest BCUT2D eigenvalue weighted by Crippen LogP contribution is 2.20. The molecule has 94 valence electrons. The number of rotatable bonds is 4. The molecule has 0 aliphatic heterocycles. The molecule has 1 saturated carbocycles. The molecule has 0 aromatic rings. The SMILES string of the molecule is CCC(CC)NC(=NC1CCCCC1)NN. The van der Waals surface area contributed by atoms with Crippen molar-refractivity contribution in [3.63, 3.8) is 0 Å². The van der Waals surface area contributed by atoms with Gasteiger partial charge >= 0.3 is 0 Å². The first-order chi connectivity index (χ1) is 7.80. The summed E-state index contributed by atoms with van der Waals surface area (Å²) in [5.74, 6) is 6.27. The van der Waals surface area contributed by atoms with E-state index in [4.69, 9.17) is 5.84 Å². The lowest BCUT2D eigenvalue weighted by Crippen LogP contribution is -2.46. The van der Waals surface area contributed by atoms with Crippen molar-refractivity contribution >= 4 is 5.96 Å². The van der Waals surface area contributed by atoms with Gasteiger partial charge in [0.1, 0.15) is 0 Å². The highest BCUT2D eigenvalue weighted by molar-refractivity contribution is 5.79. The summed E-state index contributed by atoms with van der Waals surface area (Å²) in [6.07, 6.45) is 8.57. The highest BCUT2D eigenvalue weighted by atomic mass is 15.3. The minimum absolute atomic E-state index is 0.460. The second-order valence-corrected chi connectivity index (χ2v) is 4.57. The lowest BCUT2D eigenvalue weighted by Gasteiger charge is -2.22. The fourth-order valence-corrected chi connectivity index (χ4v) is 2.20. The van der Waals surface area contributed by atoms with Crippen LogP contribution >= 0.6 is 0 Å².